The quantitative estimate of drug-likeness (QED) is 0.360. The molecule has 4 aliphatic rings. The van der Waals surface area contributed by atoms with Crippen molar-refractivity contribution in [2.75, 3.05) is 13.2 Å². The molecule has 0 radical (unpaired) electrons. The van der Waals surface area contributed by atoms with Crippen molar-refractivity contribution in [1.82, 2.24) is 5.32 Å². The second-order valence-corrected chi connectivity index (χ2v) is 15.0. The van der Waals surface area contributed by atoms with Crippen LogP contribution in [0.3, 0.4) is 0 Å². The van der Waals surface area contributed by atoms with E-state index in [9.17, 15) is 20.1 Å². The lowest BCUT2D eigenvalue weighted by atomic mass is 9.44. The maximum Gasteiger partial charge on any atom is 0.230 e. The molecule has 4 aliphatic carbocycles. The van der Waals surface area contributed by atoms with Crippen molar-refractivity contribution in [3.63, 3.8) is 0 Å². The Hall–Kier alpha value is -0.650. The molecule has 9 atom stereocenters. The van der Waals surface area contributed by atoms with E-state index in [2.05, 4.69) is 26.1 Å². The number of carbonyl (C=O) groups is 1. The highest BCUT2D eigenvalue weighted by molar-refractivity contribution is 5.82. The number of rotatable bonds is 8. The molecule has 0 aromatic carbocycles. The fraction of sp³-hybridized carbons (Fsp3) is 0.968. The smallest absolute Gasteiger partial charge is 0.230 e. The monoisotopic (exact) mass is 505 g/mol. The minimum absolute atomic E-state index is 0.158. The second kappa shape index (κ2) is 10.2. The first kappa shape index (κ1) is 28.4. The number of hydrogen-bond donors (Lipinski definition) is 4. The largest absolute Gasteiger partial charge is 0.395 e. The molecule has 0 aromatic rings. The maximum atomic E-state index is 12.8. The standard InChI is InChI=1S/C31H55NO4/c1-20(11-14-28(2,3)36)24-9-10-25-23-8-7-21-17-22(32-27(35)29(4,18-33)19-34)12-15-30(21,5)26(23)13-16-31(24,25)6/h20-26,33-34,36H,7-19H2,1-6H3,(H,32,35)/t20-,21-,22+,23+,24-,25+,26+,30+,31-/m1/s1. The van der Waals surface area contributed by atoms with Crippen molar-refractivity contribution in [3.8, 4) is 0 Å². The molecule has 5 nitrogen and oxygen atoms in total. The van der Waals surface area contributed by atoms with E-state index >= 15 is 0 Å². The Labute approximate surface area is 220 Å². The highest BCUT2D eigenvalue weighted by atomic mass is 16.3. The lowest BCUT2D eigenvalue weighted by molar-refractivity contribution is -0.139. The van der Waals surface area contributed by atoms with Gasteiger partial charge in [-0.1, -0.05) is 20.8 Å². The Balaban J connectivity index is 1.41. The Morgan fingerprint density at radius 2 is 1.58 bits per heavy atom. The van der Waals surface area contributed by atoms with Gasteiger partial charge in [0.2, 0.25) is 5.91 Å². The fourth-order valence-corrected chi connectivity index (χ4v) is 9.70. The number of amides is 1. The molecule has 0 bridgehead atoms. The van der Waals surface area contributed by atoms with Crippen molar-refractivity contribution >= 4 is 5.91 Å². The Morgan fingerprint density at radius 1 is 0.944 bits per heavy atom. The number of carbonyl (C=O) groups excluding carboxylic acids is 1. The molecule has 36 heavy (non-hydrogen) atoms. The van der Waals surface area contributed by atoms with Crippen molar-refractivity contribution in [2.45, 2.75) is 124 Å². The molecular weight excluding hydrogens is 450 g/mol. The molecular formula is C31H55NO4. The van der Waals surface area contributed by atoms with Gasteiger partial charge >= 0.3 is 0 Å². The maximum absolute atomic E-state index is 12.8. The average Bonchev–Trinajstić information content (AvgIpc) is 3.19. The topological polar surface area (TPSA) is 89.8 Å². The summed E-state index contributed by atoms with van der Waals surface area (Å²) in [5.41, 5.74) is -0.846. The van der Waals surface area contributed by atoms with Crippen LogP contribution in [0.1, 0.15) is 112 Å². The van der Waals surface area contributed by atoms with Crippen LogP contribution < -0.4 is 5.32 Å². The van der Waals surface area contributed by atoms with Crippen LogP contribution >= 0.6 is 0 Å². The average molecular weight is 506 g/mol. The molecule has 4 rings (SSSR count). The van der Waals surface area contributed by atoms with E-state index in [1.165, 1.54) is 44.9 Å². The summed E-state index contributed by atoms with van der Waals surface area (Å²) in [5, 5.41) is 32.7. The Bertz CT molecular complexity index is 788. The van der Waals surface area contributed by atoms with E-state index in [-0.39, 0.29) is 25.2 Å². The molecule has 1 amide bonds. The number of hydrogen-bond acceptors (Lipinski definition) is 4. The van der Waals surface area contributed by atoms with Gasteiger partial charge in [0.1, 0.15) is 0 Å². The second-order valence-electron chi connectivity index (χ2n) is 15.0. The molecule has 208 valence electrons. The van der Waals surface area contributed by atoms with E-state index in [4.69, 9.17) is 0 Å². The number of aliphatic hydroxyl groups excluding tert-OH is 2. The number of fused-ring (bicyclic) bond motifs is 5. The normalized spacial score (nSPS) is 41.7. The molecule has 0 heterocycles. The zero-order chi connectivity index (χ0) is 26.5. The molecule has 0 unspecified atom stereocenters. The van der Waals surface area contributed by atoms with Gasteiger partial charge in [0.05, 0.1) is 24.2 Å². The van der Waals surface area contributed by atoms with Crippen LogP contribution in [0.25, 0.3) is 0 Å². The van der Waals surface area contributed by atoms with Crippen molar-refractivity contribution < 1.29 is 20.1 Å². The van der Waals surface area contributed by atoms with Gasteiger partial charge in [-0.3, -0.25) is 4.79 Å². The first-order valence-electron chi connectivity index (χ1n) is 15.0. The fourth-order valence-electron chi connectivity index (χ4n) is 9.70. The van der Waals surface area contributed by atoms with Crippen LogP contribution in [0.5, 0.6) is 0 Å². The van der Waals surface area contributed by atoms with E-state index in [1.807, 2.05) is 13.8 Å². The molecule has 0 aliphatic heterocycles. The summed E-state index contributed by atoms with van der Waals surface area (Å²) in [4.78, 5) is 12.8. The zero-order valence-corrected chi connectivity index (χ0v) is 24.0. The molecule has 5 heteroatoms. The molecule has 0 aromatic heterocycles. The van der Waals surface area contributed by atoms with Crippen LogP contribution in [-0.4, -0.2) is 46.1 Å². The van der Waals surface area contributed by atoms with Crippen molar-refractivity contribution in [3.05, 3.63) is 0 Å². The zero-order valence-electron chi connectivity index (χ0n) is 24.0. The third-order valence-corrected chi connectivity index (χ3v) is 12.2. The van der Waals surface area contributed by atoms with Gasteiger partial charge in [0, 0.05) is 6.04 Å². The summed E-state index contributed by atoms with van der Waals surface area (Å²) < 4.78 is 0. The van der Waals surface area contributed by atoms with Gasteiger partial charge in [-0.15, -0.1) is 0 Å². The summed E-state index contributed by atoms with van der Waals surface area (Å²) in [6.45, 7) is 12.5. The molecule has 0 saturated heterocycles. The minimum atomic E-state index is -1.10. The number of nitrogens with one attached hydrogen (secondary N) is 1. The Kier molecular flexibility index (Phi) is 8.00. The van der Waals surface area contributed by atoms with E-state index in [0.29, 0.717) is 22.7 Å². The van der Waals surface area contributed by atoms with Crippen LogP contribution in [0, 0.1) is 51.8 Å². The molecule has 0 spiro atoms. The highest BCUT2D eigenvalue weighted by Crippen LogP contribution is 2.68. The predicted molar refractivity (Wildman–Crippen MR) is 144 cm³/mol. The summed E-state index contributed by atoms with van der Waals surface area (Å²) in [6, 6.07) is 0.158. The predicted octanol–water partition coefficient (Wildman–Crippen LogP) is 5.31. The third kappa shape index (κ3) is 5.02. The summed E-state index contributed by atoms with van der Waals surface area (Å²) in [5.74, 6) is 4.40. The van der Waals surface area contributed by atoms with Crippen molar-refractivity contribution in [2.24, 2.45) is 51.8 Å². The van der Waals surface area contributed by atoms with Crippen LogP contribution in [0.2, 0.25) is 0 Å². The first-order chi connectivity index (χ1) is 16.8. The van der Waals surface area contributed by atoms with Gasteiger partial charge in [0.25, 0.3) is 0 Å². The van der Waals surface area contributed by atoms with Gasteiger partial charge in [-0.2, -0.15) is 0 Å². The molecule has 4 saturated carbocycles. The molecule has 4 fully saturated rings. The lowest BCUT2D eigenvalue weighted by Crippen LogP contribution is -2.56. The van der Waals surface area contributed by atoms with Gasteiger partial charge < -0.3 is 20.6 Å². The summed E-state index contributed by atoms with van der Waals surface area (Å²) in [6.07, 6.45) is 13.3. The van der Waals surface area contributed by atoms with Crippen LogP contribution in [0.15, 0.2) is 0 Å². The first-order valence-corrected chi connectivity index (χ1v) is 15.0. The third-order valence-electron chi connectivity index (χ3n) is 12.2. The highest BCUT2D eigenvalue weighted by Gasteiger charge is 2.60. The van der Waals surface area contributed by atoms with Gasteiger partial charge in [-0.05, 0) is 138 Å². The van der Waals surface area contributed by atoms with Crippen LogP contribution in [0.4, 0.5) is 0 Å². The molecule has 4 N–H and O–H groups in total. The van der Waals surface area contributed by atoms with E-state index < -0.39 is 11.0 Å². The lowest BCUT2D eigenvalue weighted by Gasteiger charge is -2.61. The summed E-state index contributed by atoms with van der Waals surface area (Å²) in [7, 11) is 0. The van der Waals surface area contributed by atoms with E-state index in [1.54, 1.807) is 6.92 Å². The van der Waals surface area contributed by atoms with Gasteiger partial charge in [-0.25, -0.2) is 0 Å². The van der Waals surface area contributed by atoms with Gasteiger partial charge in [0.15, 0.2) is 0 Å². The van der Waals surface area contributed by atoms with E-state index in [0.717, 1.165) is 49.4 Å². The van der Waals surface area contributed by atoms with Crippen LogP contribution in [-0.2, 0) is 4.79 Å². The Morgan fingerprint density at radius 3 is 2.22 bits per heavy atom. The SMILES string of the molecule is C[C@H](CCC(C)(C)O)[C@H]1CC[C@H]2[C@@H]3CC[C@@H]4C[C@@H](NC(=O)C(C)(CO)CO)CC[C@]4(C)[C@H]3CC[C@]12C. The van der Waals surface area contributed by atoms with Crippen molar-refractivity contribution in [1.29, 1.82) is 0 Å². The minimum Gasteiger partial charge on any atom is -0.395 e. The number of aliphatic hydroxyl groups is 3. The summed E-state index contributed by atoms with van der Waals surface area (Å²) >= 11 is 0.